The van der Waals surface area contributed by atoms with Gasteiger partial charge >= 0.3 is 0 Å². The lowest BCUT2D eigenvalue weighted by molar-refractivity contribution is 0.0985. The summed E-state index contributed by atoms with van der Waals surface area (Å²) >= 11 is 0. The SMILES string of the molecule is C[C@H]1COCCN1c1ccnc(CS(=O)(=O)CC=CC2CCCCC2)n1. The fourth-order valence-electron chi connectivity index (χ4n) is 3.66. The van der Waals surface area contributed by atoms with E-state index >= 15 is 0 Å². The fourth-order valence-corrected chi connectivity index (χ4v) is 4.72. The second kappa shape index (κ2) is 8.95. The van der Waals surface area contributed by atoms with Crippen molar-refractivity contribution in [2.24, 2.45) is 5.92 Å². The topological polar surface area (TPSA) is 72.4 Å². The molecule has 1 aromatic heterocycles. The molecule has 0 amide bonds. The summed E-state index contributed by atoms with van der Waals surface area (Å²) in [6, 6.07) is 2.06. The summed E-state index contributed by atoms with van der Waals surface area (Å²) in [6.45, 7) is 4.15. The highest BCUT2D eigenvalue weighted by atomic mass is 32.2. The largest absolute Gasteiger partial charge is 0.377 e. The molecule has 0 radical (unpaired) electrons. The van der Waals surface area contributed by atoms with Crippen molar-refractivity contribution < 1.29 is 13.2 Å². The summed E-state index contributed by atoms with van der Waals surface area (Å²) in [5.74, 6) is 1.63. The molecule has 0 N–H and O–H groups in total. The molecule has 6 nitrogen and oxygen atoms in total. The second-order valence-electron chi connectivity index (χ2n) is 7.33. The van der Waals surface area contributed by atoms with Crippen LogP contribution in [-0.4, -0.2) is 49.9 Å². The Labute approximate surface area is 156 Å². The van der Waals surface area contributed by atoms with Crippen LogP contribution in [0.5, 0.6) is 0 Å². The zero-order valence-corrected chi connectivity index (χ0v) is 16.3. The molecule has 2 fully saturated rings. The minimum atomic E-state index is -3.25. The van der Waals surface area contributed by atoms with Gasteiger partial charge in [-0.3, -0.25) is 0 Å². The van der Waals surface area contributed by atoms with Gasteiger partial charge in [0.15, 0.2) is 9.84 Å². The van der Waals surface area contributed by atoms with Crippen LogP contribution in [-0.2, 0) is 20.3 Å². The summed E-state index contributed by atoms with van der Waals surface area (Å²) in [4.78, 5) is 10.8. The Hall–Kier alpha value is -1.47. The first-order valence-electron chi connectivity index (χ1n) is 9.57. The molecule has 7 heteroatoms. The molecule has 1 saturated carbocycles. The van der Waals surface area contributed by atoms with Gasteiger partial charge in [0, 0.05) is 12.7 Å². The molecule has 1 aliphatic carbocycles. The van der Waals surface area contributed by atoms with Crippen molar-refractivity contribution in [2.75, 3.05) is 30.4 Å². The van der Waals surface area contributed by atoms with Crippen LogP contribution in [0, 0.1) is 5.92 Å². The Bertz CT molecular complexity index is 714. The Morgan fingerprint density at radius 2 is 2.12 bits per heavy atom. The highest BCUT2D eigenvalue weighted by molar-refractivity contribution is 7.90. The van der Waals surface area contributed by atoms with E-state index in [0.717, 1.165) is 12.4 Å². The maximum absolute atomic E-state index is 12.4. The quantitative estimate of drug-likeness (QED) is 0.708. The van der Waals surface area contributed by atoms with Gasteiger partial charge in [0.05, 0.1) is 25.0 Å². The predicted octanol–water partition coefficient (Wildman–Crippen LogP) is 2.75. The van der Waals surface area contributed by atoms with Crippen LogP contribution >= 0.6 is 0 Å². The molecule has 0 unspecified atom stereocenters. The Morgan fingerprint density at radius 3 is 2.88 bits per heavy atom. The molecular formula is C19H29N3O3S. The summed E-state index contributed by atoms with van der Waals surface area (Å²) in [7, 11) is -3.25. The average molecular weight is 380 g/mol. The van der Waals surface area contributed by atoms with Gasteiger partial charge in [-0.2, -0.15) is 0 Å². The lowest BCUT2D eigenvalue weighted by atomic mass is 9.89. The minimum Gasteiger partial charge on any atom is -0.377 e. The number of aromatic nitrogens is 2. The van der Waals surface area contributed by atoms with Crippen molar-refractivity contribution in [1.29, 1.82) is 0 Å². The minimum absolute atomic E-state index is 0.0606. The van der Waals surface area contributed by atoms with Crippen LogP contribution in [0.4, 0.5) is 5.82 Å². The number of morpholine rings is 1. The van der Waals surface area contributed by atoms with Gasteiger partial charge < -0.3 is 9.64 Å². The fraction of sp³-hybridized carbons (Fsp3) is 0.684. The van der Waals surface area contributed by atoms with Crippen LogP contribution in [0.1, 0.15) is 44.9 Å². The molecule has 2 heterocycles. The zero-order valence-electron chi connectivity index (χ0n) is 15.5. The van der Waals surface area contributed by atoms with Crippen molar-refractivity contribution >= 4 is 15.7 Å². The Morgan fingerprint density at radius 1 is 1.31 bits per heavy atom. The molecule has 1 saturated heterocycles. The smallest absolute Gasteiger partial charge is 0.161 e. The molecule has 2 aliphatic rings. The first-order valence-corrected chi connectivity index (χ1v) is 11.4. The summed E-state index contributed by atoms with van der Waals surface area (Å²) in [5.41, 5.74) is 0. The third-order valence-electron chi connectivity index (χ3n) is 5.11. The highest BCUT2D eigenvalue weighted by Gasteiger charge is 2.21. The molecule has 0 spiro atoms. The van der Waals surface area contributed by atoms with E-state index in [4.69, 9.17) is 4.74 Å². The number of allylic oxidation sites excluding steroid dienone is 1. The van der Waals surface area contributed by atoms with Crippen LogP contribution in [0.15, 0.2) is 24.4 Å². The third-order valence-corrected chi connectivity index (χ3v) is 6.51. The molecule has 26 heavy (non-hydrogen) atoms. The average Bonchev–Trinajstić information content (AvgIpc) is 2.63. The number of hydrogen-bond donors (Lipinski definition) is 0. The van der Waals surface area contributed by atoms with Gasteiger partial charge in [0.1, 0.15) is 17.4 Å². The molecule has 1 aliphatic heterocycles. The third kappa shape index (κ3) is 5.51. The van der Waals surface area contributed by atoms with Crippen LogP contribution in [0.3, 0.4) is 0 Å². The highest BCUT2D eigenvalue weighted by Crippen LogP contribution is 2.24. The first-order chi connectivity index (χ1) is 12.5. The van der Waals surface area contributed by atoms with Crippen molar-refractivity contribution in [3.05, 3.63) is 30.2 Å². The standard InChI is InChI=1S/C19H29N3O3S/c1-16-14-25-12-11-22(16)19-9-10-20-18(21-19)15-26(23,24)13-5-8-17-6-3-2-4-7-17/h5,8-10,16-17H,2-4,6-7,11-15H2,1H3/t16-/m0/s1. The summed E-state index contributed by atoms with van der Waals surface area (Å²) in [6.07, 6.45) is 11.7. The first kappa shape index (κ1) is 19.3. The van der Waals surface area contributed by atoms with Crippen molar-refractivity contribution in [3.8, 4) is 0 Å². The van der Waals surface area contributed by atoms with E-state index in [-0.39, 0.29) is 17.5 Å². The predicted molar refractivity (Wildman–Crippen MR) is 103 cm³/mol. The van der Waals surface area contributed by atoms with E-state index in [1.54, 1.807) is 6.20 Å². The van der Waals surface area contributed by atoms with E-state index < -0.39 is 9.84 Å². The Kier molecular flexibility index (Phi) is 6.64. The van der Waals surface area contributed by atoms with E-state index in [1.807, 2.05) is 12.1 Å². The van der Waals surface area contributed by atoms with Gasteiger partial charge in [-0.15, -0.1) is 0 Å². The van der Waals surface area contributed by atoms with Crippen LogP contribution in [0.2, 0.25) is 0 Å². The Balaban J connectivity index is 1.60. The molecule has 0 bridgehead atoms. The molecule has 3 rings (SSSR count). The van der Waals surface area contributed by atoms with Gasteiger partial charge in [-0.25, -0.2) is 18.4 Å². The van der Waals surface area contributed by atoms with Crippen LogP contribution in [0.25, 0.3) is 0 Å². The van der Waals surface area contributed by atoms with Crippen molar-refractivity contribution in [2.45, 2.75) is 50.8 Å². The molecular weight excluding hydrogens is 350 g/mol. The number of hydrogen-bond acceptors (Lipinski definition) is 6. The normalized spacial score (nSPS) is 22.8. The van der Waals surface area contributed by atoms with Gasteiger partial charge in [-0.05, 0) is 31.7 Å². The van der Waals surface area contributed by atoms with E-state index in [0.29, 0.717) is 25.0 Å². The monoisotopic (exact) mass is 379 g/mol. The van der Waals surface area contributed by atoms with Gasteiger partial charge in [-0.1, -0.05) is 31.4 Å². The second-order valence-corrected chi connectivity index (χ2v) is 9.44. The number of sulfone groups is 1. The number of rotatable bonds is 6. The number of nitrogens with zero attached hydrogens (tertiary/aromatic N) is 3. The van der Waals surface area contributed by atoms with Crippen molar-refractivity contribution in [3.63, 3.8) is 0 Å². The van der Waals surface area contributed by atoms with Gasteiger partial charge in [0.25, 0.3) is 0 Å². The van der Waals surface area contributed by atoms with Crippen molar-refractivity contribution in [1.82, 2.24) is 9.97 Å². The molecule has 1 atom stereocenters. The van der Waals surface area contributed by atoms with Gasteiger partial charge in [0.2, 0.25) is 0 Å². The van der Waals surface area contributed by atoms with E-state index in [2.05, 4.69) is 27.9 Å². The number of anilines is 1. The zero-order chi connectivity index (χ0) is 18.4. The maximum Gasteiger partial charge on any atom is 0.161 e. The summed E-state index contributed by atoms with van der Waals surface area (Å²) < 4.78 is 30.3. The molecule has 1 aromatic rings. The van der Waals surface area contributed by atoms with Crippen LogP contribution < -0.4 is 4.90 Å². The van der Waals surface area contributed by atoms with E-state index in [9.17, 15) is 8.42 Å². The van der Waals surface area contributed by atoms with E-state index in [1.165, 1.54) is 32.1 Å². The molecule has 0 aromatic carbocycles. The lowest BCUT2D eigenvalue weighted by Crippen LogP contribution is -2.44. The lowest BCUT2D eigenvalue weighted by Gasteiger charge is -2.34. The number of ether oxygens (including phenoxy) is 1. The molecule has 144 valence electrons. The maximum atomic E-state index is 12.4. The summed E-state index contributed by atoms with van der Waals surface area (Å²) in [5, 5.41) is 0.